The molecule has 2 radical (unpaired) electrons. The summed E-state index contributed by atoms with van der Waals surface area (Å²) in [4.78, 5) is 0. The molecule has 2 aromatic carbocycles. The number of rotatable bonds is 0. The minimum atomic E-state index is 0. The van der Waals surface area contributed by atoms with Gasteiger partial charge in [-0.1, -0.05) is 6.07 Å². The van der Waals surface area contributed by atoms with Crippen LogP contribution in [0.2, 0.25) is 0 Å². The quantitative estimate of drug-likeness (QED) is 0.563. The zero-order valence-corrected chi connectivity index (χ0v) is 16.4. The first kappa shape index (κ1) is 29.2. The molecular weight excluding hydrogens is 324 g/mol. The molecule has 0 saturated carbocycles. The van der Waals surface area contributed by atoms with Crippen LogP contribution in [0, 0.1) is 20.9 Å². The average Bonchev–Trinajstić information content (AvgIpc) is 3.27. The summed E-state index contributed by atoms with van der Waals surface area (Å²) in [5.41, 5.74) is 0. The van der Waals surface area contributed by atoms with Crippen LogP contribution in [0.3, 0.4) is 0 Å². The Balaban J connectivity index is -0.000000109. The van der Waals surface area contributed by atoms with Gasteiger partial charge in [0, 0.05) is 14.2 Å². The molecule has 0 bridgehead atoms. The van der Waals surface area contributed by atoms with E-state index in [2.05, 4.69) is 62.2 Å². The summed E-state index contributed by atoms with van der Waals surface area (Å²) in [6.07, 6.45) is 10.0. The Bertz CT molecular complexity index is 438. The summed E-state index contributed by atoms with van der Waals surface area (Å²) >= 11 is 1.81. The maximum Gasteiger partial charge on any atom is -0.0809 e. The van der Waals surface area contributed by atoms with Crippen molar-refractivity contribution in [3.8, 4) is 0 Å². The number of hydrogen-bond donors (Lipinski definition) is 2. The molecule has 0 saturated heterocycles. The third-order valence-electron chi connectivity index (χ3n) is 2.13. The van der Waals surface area contributed by atoms with Crippen molar-refractivity contribution in [3.05, 3.63) is 81.6 Å². The molecule has 1 aliphatic rings. The van der Waals surface area contributed by atoms with Crippen LogP contribution in [-0.2, 0) is 19.2 Å². The van der Waals surface area contributed by atoms with Gasteiger partial charge < -0.3 is 25.1 Å². The third kappa shape index (κ3) is 14.1. The SMILES string of the molecule is CO.CO.[C-]1=CC=CC1.[CH3-].[CH3-].[Si]=[Ti].c1ccc2[cH-]ccc2c1. The van der Waals surface area contributed by atoms with Crippen molar-refractivity contribution in [2.45, 2.75) is 6.42 Å². The number of benzene rings is 1. The molecule has 0 spiro atoms. The maximum absolute atomic E-state index is 7.00. The molecule has 1 aliphatic carbocycles. The zero-order chi connectivity index (χ0) is 15.6. The van der Waals surface area contributed by atoms with Crippen molar-refractivity contribution in [3.63, 3.8) is 0 Å². The molecule has 3 rings (SSSR count). The molecule has 0 aliphatic heterocycles. The van der Waals surface area contributed by atoms with Crippen LogP contribution in [0.4, 0.5) is 0 Å². The molecule has 122 valence electrons. The molecule has 2 nitrogen and oxygen atoms in total. The fraction of sp³-hybridized carbons (Fsp3) is 0.167. The topological polar surface area (TPSA) is 40.5 Å². The van der Waals surface area contributed by atoms with Gasteiger partial charge in [-0.2, -0.15) is 23.6 Å². The second-order valence-corrected chi connectivity index (χ2v) is 3.16. The normalized spacial score (nSPS) is 8.86. The van der Waals surface area contributed by atoms with E-state index in [9.17, 15) is 0 Å². The van der Waals surface area contributed by atoms with Gasteiger partial charge in [-0.3, -0.25) is 6.08 Å². The van der Waals surface area contributed by atoms with Gasteiger partial charge in [0.2, 0.25) is 0 Å². The number of aliphatic hydroxyl groups excluding tert-OH is 2. The first-order chi connectivity index (χ1) is 9.97. The fourth-order valence-electron chi connectivity index (χ4n) is 1.41. The van der Waals surface area contributed by atoms with Gasteiger partial charge in [-0.05, 0) is 0 Å². The third-order valence-corrected chi connectivity index (χ3v) is 2.13. The minimum absolute atomic E-state index is 0. The number of allylic oxidation sites excluding steroid dienone is 4. The molecule has 0 aromatic heterocycles. The second-order valence-electron chi connectivity index (χ2n) is 3.16. The summed E-state index contributed by atoms with van der Waals surface area (Å²) in [6, 6.07) is 14.7. The van der Waals surface area contributed by atoms with Gasteiger partial charge in [0.1, 0.15) is 0 Å². The average molecular weight is 350 g/mol. The Labute approximate surface area is 150 Å². The molecule has 0 fully saturated rings. The van der Waals surface area contributed by atoms with E-state index in [1.165, 1.54) is 10.8 Å². The molecule has 22 heavy (non-hydrogen) atoms. The Morgan fingerprint density at radius 1 is 1.05 bits per heavy atom. The molecule has 0 atom stereocenters. The van der Waals surface area contributed by atoms with E-state index in [-0.39, 0.29) is 14.9 Å². The zero-order valence-electron chi connectivity index (χ0n) is 13.9. The Kier molecular flexibility index (Phi) is 33.4. The van der Waals surface area contributed by atoms with E-state index in [4.69, 9.17) is 10.2 Å². The fourth-order valence-corrected chi connectivity index (χ4v) is 1.41. The first-order valence-electron chi connectivity index (χ1n) is 5.93. The summed E-state index contributed by atoms with van der Waals surface area (Å²) in [5, 5.41) is 16.7. The molecule has 0 heterocycles. The van der Waals surface area contributed by atoms with Gasteiger partial charge in [0.05, 0.1) is 0 Å². The summed E-state index contributed by atoms with van der Waals surface area (Å²) < 4.78 is 0. The van der Waals surface area contributed by atoms with Crippen LogP contribution in [0.1, 0.15) is 6.42 Å². The molecule has 0 unspecified atom stereocenters. The van der Waals surface area contributed by atoms with E-state index >= 15 is 0 Å². The van der Waals surface area contributed by atoms with E-state index in [1.807, 2.05) is 12.2 Å². The van der Waals surface area contributed by atoms with E-state index < -0.39 is 0 Å². The second kappa shape index (κ2) is 25.1. The van der Waals surface area contributed by atoms with Crippen molar-refractivity contribution in [1.82, 2.24) is 0 Å². The van der Waals surface area contributed by atoms with Crippen LogP contribution in [0.5, 0.6) is 0 Å². The number of hydrogen-bond acceptors (Lipinski definition) is 2. The summed E-state index contributed by atoms with van der Waals surface area (Å²) in [5.74, 6) is 0. The molecule has 4 heteroatoms. The van der Waals surface area contributed by atoms with Crippen molar-refractivity contribution in [2.24, 2.45) is 0 Å². The Morgan fingerprint density at radius 3 is 2.05 bits per heavy atom. The van der Waals surface area contributed by atoms with Crippen LogP contribution in [-0.4, -0.2) is 32.1 Å². The van der Waals surface area contributed by atoms with Gasteiger partial charge in [0.25, 0.3) is 0 Å². The molecule has 2 aromatic rings. The molecule has 0 amide bonds. The van der Waals surface area contributed by atoms with Crippen molar-refractivity contribution in [2.75, 3.05) is 14.2 Å². The summed E-state index contributed by atoms with van der Waals surface area (Å²) in [7, 11) is 4.97. The Morgan fingerprint density at radius 2 is 1.64 bits per heavy atom. The van der Waals surface area contributed by atoms with Crippen LogP contribution in [0.15, 0.2) is 60.7 Å². The minimum Gasteiger partial charge on any atom is -0.168 e. The van der Waals surface area contributed by atoms with E-state index in [0.29, 0.717) is 0 Å². The van der Waals surface area contributed by atoms with Crippen molar-refractivity contribution >= 4 is 18.4 Å². The van der Waals surface area contributed by atoms with Gasteiger partial charge in [-0.25, -0.2) is 12.2 Å². The van der Waals surface area contributed by atoms with Gasteiger partial charge >= 0.3 is 26.8 Å². The van der Waals surface area contributed by atoms with E-state index in [1.54, 1.807) is 19.2 Å². The first-order valence-corrected chi connectivity index (χ1v) is 8.78. The van der Waals surface area contributed by atoms with Crippen LogP contribution in [0.25, 0.3) is 10.8 Å². The monoisotopic (exact) mass is 350 g/mol. The number of fused-ring (bicyclic) bond motifs is 1. The maximum atomic E-state index is 7.00. The largest absolute Gasteiger partial charge is 0.168 e. The van der Waals surface area contributed by atoms with Crippen molar-refractivity contribution in [1.29, 1.82) is 0 Å². The van der Waals surface area contributed by atoms with Crippen LogP contribution >= 0.6 is 0 Å². The standard InChI is InChI=1S/C9H7.C5H5.2CH4O.2CH3.Si.Ti/c1-2-5-9-7-3-6-8(9)4-1;1-2-4-5-3-1;2*1-2;;;;/h1-7H;1-3H,4H2;2*2H,1H3;2*1H3;;/q2*-1;;;2*-1;;. The number of aliphatic hydroxyl groups is 2. The molecule has 2 N–H and O–H groups in total. The predicted molar refractivity (Wildman–Crippen MR) is 96.0 cm³/mol. The van der Waals surface area contributed by atoms with Crippen LogP contribution < -0.4 is 0 Å². The summed E-state index contributed by atoms with van der Waals surface area (Å²) in [6.45, 7) is 0. The predicted octanol–water partition coefficient (Wildman–Crippen LogP) is 3.60. The van der Waals surface area contributed by atoms with Gasteiger partial charge in [-0.15, -0.1) is 36.1 Å². The smallest absolute Gasteiger partial charge is 0.0809 e. The van der Waals surface area contributed by atoms with Crippen molar-refractivity contribution < 1.29 is 29.4 Å². The van der Waals surface area contributed by atoms with E-state index in [0.717, 1.165) is 20.6 Å². The van der Waals surface area contributed by atoms with Gasteiger partial charge in [0.15, 0.2) is 0 Å². The Hall–Kier alpha value is -0.839. The molecular formula is C18H26O2SiTi-4.